The van der Waals surface area contributed by atoms with E-state index in [0.29, 0.717) is 5.02 Å². The van der Waals surface area contributed by atoms with Gasteiger partial charge >= 0.3 is 11.9 Å². The van der Waals surface area contributed by atoms with Gasteiger partial charge in [-0.15, -0.1) is 0 Å². The van der Waals surface area contributed by atoms with E-state index in [4.69, 9.17) is 41.9 Å². The summed E-state index contributed by atoms with van der Waals surface area (Å²) in [5.41, 5.74) is 8.61. The molecule has 1 atom stereocenters. The quantitative estimate of drug-likeness (QED) is 0.113. The molecule has 0 aliphatic carbocycles. The Kier molecular flexibility index (Phi) is 13.2. The van der Waals surface area contributed by atoms with E-state index in [1.807, 2.05) is 47.6 Å². The highest BCUT2D eigenvalue weighted by molar-refractivity contribution is 6.30. The maximum atomic E-state index is 12.4. The number of hydrogen-bond donors (Lipinski definition) is 7. The monoisotopic (exact) mass is 594 g/mol. The van der Waals surface area contributed by atoms with Crippen molar-refractivity contribution in [3.05, 3.63) is 81.3 Å². The smallest absolute Gasteiger partial charge is 0.336 e. The van der Waals surface area contributed by atoms with E-state index in [1.165, 1.54) is 5.01 Å². The van der Waals surface area contributed by atoms with Gasteiger partial charge in [0.15, 0.2) is 6.10 Å². The van der Waals surface area contributed by atoms with Crippen LogP contribution in [0.4, 0.5) is 0 Å². The molecule has 0 unspecified atom stereocenters. The molecule has 0 aliphatic rings. The molecule has 14 heteroatoms. The molecule has 3 rings (SSSR count). The maximum absolute atomic E-state index is 12.4. The highest BCUT2D eigenvalue weighted by Gasteiger charge is 2.24. The van der Waals surface area contributed by atoms with Crippen molar-refractivity contribution in [3.8, 4) is 11.1 Å². The van der Waals surface area contributed by atoms with Crippen molar-refractivity contribution in [3.63, 3.8) is 0 Å². The normalized spacial score (nSPS) is 12.0. The number of aromatic amines is 1. The zero-order valence-electron chi connectivity index (χ0n) is 22.6. The van der Waals surface area contributed by atoms with Crippen LogP contribution in [0.25, 0.3) is 11.1 Å². The molecule has 3 aromatic rings. The van der Waals surface area contributed by atoms with Crippen LogP contribution < -0.4 is 16.7 Å². The van der Waals surface area contributed by atoms with Crippen molar-refractivity contribution in [2.75, 3.05) is 26.4 Å². The Hall–Kier alpha value is -3.56. The van der Waals surface area contributed by atoms with Gasteiger partial charge in [0, 0.05) is 11.6 Å². The molecule has 0 fully saturated rings. The largest absolute Gasteiger partial charge is 0.461 e. The Morgan fingerprint density at radius 2 is 1.71 bits per heavy atom. The van der Waals surface area contributed by atoms with Crippen molar-refractivity contribution in [1.29, 1.82) is 0 Å². The second-order valence-electron chi connectivity index (χ2n) is 9.44. The molecule has 0 bridgehead atoms. The van der Waals surface area contributed by atoms with E-state index in [9.17, 15) is 19.5 Å². The van der Waals surface area contributed by atoms with Gasteiger partial charge < -0.3 is 35.4 Å². The predicted octanol–water partition coefficient (Wildman–Crippen LogP) is 0.409. The van der Waals surface area contributed by atoms with E-state index in [2.05, 4.69) is 5.43 Å². The van der Waals surface area contributed by atoms with Crippen LogP contribution in [0.2, 0.25) is 5.02 Å². The minimum atomic E-state index is -1.50. The summed E-state index contributed by atoms with van der Waals surface area (Å²) in [4.78, 5) is 35.7. The van der Waals surface area contributed by atoms with Gasteiger partial charge in [-0.3, -0.25) is 15.0 Å². The average Bonchev–Trinajstić information content (AvgIpc) is 3.39. The second kappa shape index (κ2) is 16.0. The van der Waals surface area contributed by atoms with Gasteiger partial charge in [-0.05, 0) is 42.7 Å². The van der Waals surface area contributed by atoms with Crippen molar-refractivity contribution in [2.24, 2.45) is 5.73 Å². The number of esters is 1. The first-order chi connectivity index (χ1) is 19.4. The summed E-state index contributed by atoms with van der Waals surface area (Å²) in [7, 11) is 0. The van der Waals surface area contributed by atoms with Crippen LogP contribution in [-0.4, -0.2) is 86.6 Å². The molecule has 0 saturated carbocycles. The number of nitrogens with one attached hydrogen (secondary N) is 2. The summed E-state index contributed by atoms with van der Waals surface area (Å²) in [5.74, 6) is -1.76. The van der Waals surface area contributed by atoms with Crippen LogP contribution in [0.15, 0.2) is 63.9 Å². The van der Waals surface area contributed by atoms with Gasteiger partial charge in [0.1, 0.15) is 0 Å². The number of hydrazine groups is 1. The molecule has 0 aliphatic heterocycles. The summed E-state index contributed by atoms with van der Waals surface area (Å²) in [5, 5.41) is 39.3. The van der Waals surface area contributed by atoms with Crippen LogP contribution in [0.1, 0.15) is 30.0 Å². The van der Waals surface area contributed by atoms with Crippen LogP contribution in [0.3, 0.4) is 0 Å². The third-order valence-corrected chi connectivity index (χ3v) is 5.69. The average molecular weight is 595 g/mol. The number of aromatic nitrogens is 1. The molecular weight excluding hydrogens is 560 g/mol. The summed E-state index contributed by atoms with van der Waals surface area (Å²) in [6.45, 7) is 2.03. The Morgan fingerprint density at radius 1 is 1.07 bits per heavy atom. The lowest BCUT2D eigenvalue weighted by atomic mass is 10.0. The van der Waals surface area contributed by atoms with Crippen LogP contribution >= 0.6 is 11.6 Å². The molecule has 0 spiro atoms. The summed E-state index contributed by atoms with van der Waals surface area (Å²) in [6.07, 6.45) is -1.90. The lowest BCUT2D eigenvalue weighted by Gasteiger charge is -2.25. The molecule has 1 amide bonds. The SMILES string of the molecule is CC(C)OC(=O)[C@H](O)CN(Cc1ccc(-c2cccc(Cl)c2)cc1)NC(=O)c1cc(=O)[nH]o1.NC(CO)(CO)CO. The summed E-state index contributed by atoms with van der Waals surface area (Å²) >= 11 is 6.06. The number of rotatable bonds is 12. The molecule has 1 heterocycles. The van der Waals surface area contributed by atoms with Crippen molar-refractivity contribution >= 4 is 23.5 Å². The number of hydrogen-bond acceptors (Lipinski definition) is 11. The van der Waals surface area contributed by atoms with Crippen LogP contribution in [0.5, 0.6) is 0 Å². The molecule has 0 saturated heterocycles. The van der Waals surface area contributed by atoms with Gasteiger partial charge in [0.05, 0.1) is 44.1 Å². The van der Waals surface area contributed by atoms with Crippen LogP contribution in [0, 0.1) is 0 Å². The van der Waals surface area contributed by atoms with Crippen molar-refractivity contribution in [2.45, 2.75) is 38.1 Å². The zero-order valence-corrected chi connectivity index (χ0v) is 23.4. The number of nitrogens with zero attached hydrogens (tertiary/aromatic N) is 1. The highest BCUT2D eigenvalue weighted by Crippen LogP contribution is 2.23. The summed E-state index contributed by atoms with van der Waals surface area (Å²) in [6, 6.07) is 15.9. The molecule has 224 valence electrons. The molecule has 13 nitrogen and oxygen atoms in total. The minimum Gasteiger partial charge on any atom is -0.461 e. The first kappa shape index (κ1) is 33.6. The van der Waals surface area contributed by atoms with E-state index in [0.717, 1.165) is 22.8 Å². The zero-order chi connectivity index (χ0) is 30.6. The first-order valence-corrected chi connectivity index (χ1v) is 12.9. The third kappa shape index (κ3) is 11.1. The fourth-order valence-electron chi connectivity index (χ4n) is 3.18. The lowest BCUT2D eigenvalue weighted by Crippen LogP contribution is -2.50. The predicted molar refractivity (Wildman–Crippen MR) is 150 cm³/mol. The molecular formula is C27H35ClN4O9. The fraction of sp³-hybridized carbons (Fsp3) is 0.370. The number of aliphatic hydroxyl groups excluding tert-OH is 4. The Morgan fingerprint density at radius 3 is 2.20 bits per heavy atom. The van der Waals surface area contributed by atoms with Gasteiger partial charge in [-0.25, -0.2) is 9.80 Å². The Labute approximate surface area is 241 Å². The lowest BCUT2D eigenvalue weighted by molar-refractivity contribution is -0.158. The highest BCUT2D eigenvalue weighted by atomic mass is 35.5. The van der Waals surface area contributed by atoms with Crippen molar-refractivity contribution in [1.82, 2.24) is 15.6 Å². The second-order valence-corrected chi connectivity index (χ2v) is 9.88. The Balaban J connectivity index is 0.000000642. The fourth-order valence-corrected chi connectivity index (χ4v) is 3.37. The van der Waals surface area contributed by atoms with E-state index >= 15 is 0 Å². The van der Waals surface area contributed by atoms with Crippen LogP contribution in [-0.2, 0) is 16.1 Å². The molecule has 8 N–H and O–H groups in total. The standard InChI is InChI=1S/C23H24ClN3O6.C4H11NO3/c1-14(2)32-23(31)19(28)13-27(25-22(30)20-11-21(29)26-33-20)12-15-6-8-16(9-7-15)17-4-3-5-18(24)10-17;5-4(1-6,2-7)3-8/h3-11,14,19,28H,12-13H2,1-2H3,(H,25,30)(H,26,29);6-8H,1-3,5H2/t19-;/m1./s1. The minimum absolute atomic E-state index is 0.155. The van der Waals surface area contributed by atoms with E-state index < -0.39 is 55.0 Å². The number of ether oxygens (including phenoxy) is 1. The van der Waals surface area contributed by atoms with Gasteiger partial charge in [0.25, 0.3) is 5.56 Å². The molecule has 2 aromatic carbocycles. The third-order valence-electron chi connectivity index (χ3n) is 5.45. The van der Waals surface area contributed by atoms with Gasteiger partial charge in [-0.2, -0.15) is 5.16 Å². The summed E-state index contributed by atoms with van der Waals surface area (Å²) < 4.78 is 9.84. The Bertz CT molecular complexity index is 1300. The number of nitrogens with two attached hydrogens (primary N) is 1. The molecule has 1 aromatic heterocycles. The van der Waals surface area contributed by atoms with Crippen molar-refractivity contribution < 1.29 is 39.3 Å². The van der Waals surface area contributed by atoms with E-state index in [1.54, 1.807) is 19.9 Å². The topological polar surface area (TPSA) is 212 Å². The number of carbonyl (C=O) groups excluding carboxylic acids is 2. The van der Waals surface area contributed by atoms with E-state index in [-0.39, 0.29) is 18.8 Å². The number of halogens is 1. The number of aliphatic hydroxyl groups is 4. The molecule has 0 radical (unpaired) electrons. The molecule has 41 heavy (non-hydrogen) atoms. The maximum Gasteiger partial charge on any atom is 0.336 e. The number of amides is 1. The van der Waals surface area contributed by atoms with Gasteiger partial charge in [0.2, 0.25) is 5.76 Å². The number of H-pyrrole nitrogens is 1. The van der Waals surface area contributed by atoms with Gasteiger partial charge in [-0.1, -0.05) is 48.0 Å². The number of carbonyl (C=O) groups is 2. The first-order valence-electron chi connectivity index (χ1n) is 12.5. The number of benzene rings is 2.